The van der Waals surface area contributed by atoms with E-state index in [0.29, 0.717) is 11.7 Å². The minimum atomic E-state index is -0.501. The highest BCUT2D eigenvalue weighted by molar-refractivity contribution is 7.22. The summed E-state index contributed by atoms with van der Waals surface area (Å²) in [7, 11) is 4.15. The number of aromatic nitrogens is 1. The highest BCUT2D eigenvalue weighted by Gasteiger charge is 2.24. The van der Waals surface area contributed by atoms with Gasteiger partial charge in [0.15, 0.2) is 5.13 Å². The molecule has 0 saturated carbocycles. The van der Waals surface area contributed by atoms with Crippen molar-refractivity contribution >= 4 is 32.6 Å². The largest absolute Gasteiger partial charge is 0.340 e. The lowest BCUT2D eigenvalue weighted by Gasteiger charge is -2.20. The smallest absolute Gasteiger partial charge is 0.263 e. The molecule has 1 amide bonds. The molecule has 0 atom stereocenters. The number of aryl methyl sites for hydroxylation is 2. The molecule has 0 fully saturated rings. The molecule has 2 aromatic carbocycles. The first-order chi connectivity index (χ1) is 12.9. The second kappa shape index (κ2) is 8.15. The fourth-order valence-electron chi connectivity index (χ4n) is 3.14. The second-order valence-corrected chi connectivity index (χ2v) is 8.15. The molecule has 0 unspecified atom stereocenters. The van der Waals surface area contributed by atoms with Crippen molar-refractivity contribution in [2.45, 2.75) is 20.3 Å². The molecule has 0 aliphatic heterocycles. The summed E-state index contributed by atoms with van der Waals surface area (Å²) >= 11 is 1.49. The zero-order valence-corrected chi connectivity index (χ0v) is 17.0. The maximum Gasteiger partial charge on any atom is 0.263 e. The summed E-state index contributed by atoms with van der Waals surface area (Å²) in [6, 6.07) is 10.3. The quantitative estimate of drug-likeness (QED) is 0.706. The van der Waals surface area contributed by atoms with Gasteiger partial charge in [0.2, 0.25) is 0 Å². The van der Waals surface area contributed by atoms with Gasteiger partial charge in [-0.05, 0) is 43.2 Å². The number of anilines is 1. The van der Waals surface area contributed by atoms with Gasteiger partial charge in [0, 0.05) is 13.0 Å². The van der Waals surface area contributed by atoms with Gasteiger partial charge in [-0.1, -0.05) is 29.5 Å². The molecule has 0 aliphatic carbocycles. The van der Waals surface area contributed by atoms with E-state index in [1.165, 1.54) is 28.4 Å². The van der Waals surface area contributed by atoms with Crippen LogP contribution in [0.5, 0.6) is 0 Å². The number of rotatable bonds is 6. The number of hydrogen-bond donors (Lipinski definition) is 1. The van der Waals surface area contributed by atoms with Crippen molar-refractivity contribution in [1.82, 2.24) is 4.98 Å². The molecule has 0 spiro atoms. The molecule has 3 rings (SSSR count). The number of fused-ring (bicyclic) bond motifs is 1. The van der Waals surface area contributed by atoms with Gasteiger partial charge in [-0.2, -0.15) is 0 Å². The number of hydrogen-bond acceptors (Lipinski definition) is 3. The Morgan fingerprint density at radius 3 is 2.67 bits per heavy atom. The Labute approximate surface area is 163 Å². The Morgan fingerprint density at radius 2 is 1.96 bits per heavy atom. The first kappa shape index (κ1) is 19.5. The van der Waals surface area contributed by atoms with Crippen molar-refractivity contribution in [3.8, 4) is 0 Å². The lowest BCUT2D eigenvalue weighted by molar-refractivity contribution is -0.858. The van der Waals surface area contributed by atoms with E-state index in [1.807, 2.05) is 13.0 Å². The molecule has 1 aromatic heterocycles. The van der Waals surface area contributed by atoms with Crippen LogP contribution in [0.15, 0.2) is 36.4 Å². The number of benzene rings is 2. The summed E-state index contributed by atoms with van der Waals surface area (Å²) < 4.78 is 15.3. The summed E-state index contributed by atoms with van der Waals surface area (Å²) in [6.07, 6.45) is 0.816. The number of carbonyl (C=O) groups excluding carboxylic acids is 1. The van der Waals surface area contributed by atoms with E-state index in [-0.39, 0.29) is 11.5 Å². The molecule has 3 aromatic rings. The van der Waals surface area contributed by atoms with E-state index >= 15 is 0 Å². The SMILES string of the molecule is Cc1cc(C)c2sc(N(CCC[NH+](C)C)C(=O)c3ccccc3F)nc2c1. The van der Waals surface area contributed by atoms with E-state index in [0.717, 1.165) is 34.3 Å². The number of amides is 1. The fourth-order valence-corrected chi connectivity index (χ4v) is 4.18. The van der Waals surface area contributed by atoms with E-state index < -0.39 is 5.82 Å². The third-order valence-electron chi connectivity index (χ3n) is 4.45. The molecule has 0 saturated heterocycles. The van der Waals surface area contributed by atoms with Gasteiger partial charge in [0.25, 0.3) is 5.91 Å². The number of nitrogens with zero attached hydrogens (tertiary/aromatic N) is 2. The number of quaternary nitrogens is 1. The van der Waals surface area contributed by atoms with Gasteiger partial charge in [0.05, 0.1) is 36.4 Å². The Morgan fingerprint density at radius 1 is 1.22 bits per heavy atom. The van der Waals surface area contributed by atoms with Crippen molar-refractivity contribution < 1.29 is 14.1 Å². The monoisotopic (exact) mass is 386 g/mol. The minimum absolute atomic E-state index is 0.0851. The minimum Gasteiger partial charge on any atom is -0.340 e. The highest BCUT2D eigenvalue weighted by Crippen LogP contribution is 2.33. The maximum atomic E-state index is 14.2. The van der Waals surface area contributed by atoms with E-state index in [4.69, 9.17) is 4.98 Å². The summed E-state index contributed by atoms with van der Waals surface area (Å²) in [5.41, 5.74) is 3.25. The maximum absolute atomic E-state index is 14.2. The Hall–Kier alpha value is -2.31. The Balaban J connectivity index is 2.00. The van der Waals surface area contributed by atoms with Gasteiger partial charge in [0.1, 0.15) is 5.82 Å². The molecule has 0 bridgehead atoms. The number of halogens is 1. The zero-order valence-electron chi connectivity index (χ0n) is 16.2. The molecule has 0 radical (unpaired) electrons. The van der Waals surface area contributed by atoms with Crippen molar-refractivity contribution in [3.05, 3.63) is 58.9 Å². The van der Waals surface area contributed by atoms with Crippen LogP contribution in [0.1, 0.15) is 27.9 Å². The van der Waals surface area contributed by atoms with Gasteiger partial charge >= 0.3 is 0 Å². The molecular weight excluding hydrogens is 361 g/mol. The third-order valence-corrected chi connectivity index (χ3v) is 5.68. The molecule has 6 heteroatoms. The van der Waals surface area contributed by atoms with Crippen molar-refractivity contribution in [3.63, 3.8) is 0 Å². The normalized spacial score (nSPS) is 11.3. The average molecular weight is 387 g/mol. The standard InChI is InChI=1S/C21H24FN3OS/c1-14-12-15(2)19-18(13-14)23-21(27-19)25(11-7-10-24(3)4)20(26)16-8-5-6-9-17(16)22/h5-6,8-9,12-13H,7,10-11H2,1-4H3/p+1. The van der Waals surface area contributed by atoms with Crippen LogP contribution in [-0.2, 0) is 0 Å². The molecular formula is C21H25FN3OS+. The predicted octanol–water partition coefficient (Wildman–Crippen LogP) is 3.23. The second-order valence-electron chi connectivity index (χ2n) is 7.17. The van der Waals surface area contributed by atoms with Crippen LogP contribution in [0.3, 0.4) is 0 Å². The molecule has 0 aliphatic rings. The zero-order chi connectivity index (χ0) is 19.6. The van der Waals surface area contributed by atoms with Crippen molar-refractivity contribution in [1.29, 1.82) is 0 Å². The highest BCUT2D eigenvalue weighted by atomic mass is 32.1. The molecule has 1 heterocycles. The van der Waals surface area contributed by atoms with Gasteiger partial charge < -0.3 is 4.90 Å². The predicted molar refractivity (Wildman–Crippen MR) is 109 cm³/mol. The summed E-state index contributed by atoms with van der Waals surface area (Å²) in [6.45, 7) is 5.52. The van der Waals surface area contributed by atoms with Gasteiger partial charge in [-0.3, -0.25) is 9.69 Å². The number of thiazole rings is 1. The van der Waals surface area contributed by atoms with Crippen LogP contribution < -0.4 is 9.80 Å². The topological polar surface area (TPSA) is 37.6 Å². The summed E-state index contributed by atoms with van der Waals surface area (Å²) in [5, 5.41) is 0.626. The van der Waals surface area contributed by atoms with E-state index in [1.54, 1.807) is 17.0 Å². The van der Waals surface area contributed by atoms with Crippen LogP contribution in [0, 0.1) is 19.7 Å². The lowest BCUT2D eigenvalue weighted by Crippen LogP contribution is -3.05. The van der Waals surface area contributed by atoms with Gasteiger partial charge in [-0.25, -0.2) is 9.37 Å². The van der Waals surface area contributed by atoms with Gasteiger partial charge in [-0.15, -0.1) is 0 Å². The summed E-state index contributed by atoms with van der Waals surface area (Å²) in [5.74, 6) is -0.839. The molecule has 142 valence electrons. The Kier molecular flexibility index (Phi) is 5.87. The first-order valence-electron chi connectivity index (χ1n) is 9.10. The number of carbonyl (C=O) groups is 1. The molecule has 27 heavy (non-hydrogen) atoms. The van der Waals surface area contributed by atoms with E-state index in [9.17, 15) is 9.18 Å². The third kappa shape index (κ3) is 4.34. The average Bonchev–Trinajstić information content (AvgIpc) is 3.02. The lowest BCUT2D eigenvalue weighted by atomic mass is 10.1. The summed E-state index contributed by atoms with van der Waals surface area (Å²) in [4.78, 5) is 20.8. The molecule has 4 nitrogen and oxygen atoms in total. The molecule has 1 N–H and O–H groups in total. The first-order valence-corrected chi connectivity index (χ1v) is 9.91. The van der Waals surface area contributed by atoms with Crippen LogP contribution in [0.25, 0.3) is 10.2 Å². The van der Waals surface area contributed by atoms with Crippen LogP contribution in [0.4, 0.5) is 9.52 Å². The number of nitrogens with one attached hydrogen (secondary N) is 1. The van der Waals surface area contributed by atoms with Crippen LogP contribution >= 0.6 is 11.3 Å². The van der Waals surface area contributed by atoms with Crippen molar-refractivity contribution in [2.75, 3.05) is 32.1 Å². The van der Waals surface area contributed by atoms with Crippen molar-refractivity contribution in [2.24, 2.45) is 0 Å². The van der Waals surface area contributed by atoms with E-state index in [2.05, 4.69) is 27.1 Å². The van der Waals surface area contributed by atoms with Crippen LogP contribution in [0.2, 0.25) is 0 Å². The van der Waals surface area contributed by atoms with Crippen LogP contribution in [-0.4, -0.2) is 38.1 Å². The Bertz CT molecular complexity index is 967. The fraction of sp³-hybridized carbons (Fsp3) is 0.333.